The topological polar surface area (TPSA) is 90.4 Å². The van der Waals surface area contributed by atoms with Crippen LogP contribution in [-0.2, 0) is 10.5 Å². The quantitative estimate of drug-likeness (QED) is 0.326. The van der Waals surface area contributed by atoms with Crippen molar-refractivity contribution < 1.29 is 9.66 Å². The highest BCUT2D eigenvalue weighted by atomic mass is 32.2. The minimum absolute atomic E-state index is 0.00694. The summed E-state index contributed by atoms with van der Waals surface area (Å²) in [5.74, 6) is 6.94. The zero-order valence-corrected chi connectivity index (χ0v) is 11.0. The van der Waals surface area contributed by atoms with E-state index in [2.05, 4.69) is 5.43 Å². The molecule has 100 valence electrons. The van der Waals surface area contributed by atoms with Crippen LogP contribution in [0.3, 0.4) is 0 Å². The van der Waals surface area contributed by atoms with Crippen molar-refractivity contribution in [1.82, 2.24) is 0 Å². The second kappa shape index (κ2) is 7.91. The van der Waals surface area contributed by atoms with E-state index in [0.717, 1.165) is 30.1 Å². The molecule has 3 N–H and O–H groups in total. The van der Waals surface area contributed by atoms with E-state index in [-0.39, 0.29) is 5.69 Å². The highest BCUT2D eigenvalue weighted by molar-refractivity contribution is 7.98. The molecule has 0 unspecified atom stereocenters. The minimum Gasteiger partial charge on any atom is -0.385 e. The maximum absolute atomic E-state index is 10.8. The Hall–Kier alpha value is -1.31. The first-order valence-electron chi connectivity index (χ1n) is 5.49. The Morgan fingerprint density at radius 3 is 2.94 bits per heavy atom. The van der Waals surface area contributed by atoms with Crippen LogP contribution in [0.1, 0.15) is 12.0 Å². The van der Waals surface area contributed by atoms with Crippen LogP contribution in [0.5, 0.6) is 0 Å². The first kappa shape index (κ1) is 14.7. The molecule has 7 heteroatoms. The Morgan fingerprint density at radius 2 is 2.33 bits per heavy atom. The fraction of sp³-hybridized carbons (Fsp3) is 0.455. The van der Waals surface area contributed by atoms with E-state index in [1.165, 1.54) is 0 Å². The molecule has 1 aromatic rings. The van der Waals surface area contributed by atoms with Gasteiger partial charge in [-0.2, -0.15) is 11.8 Å². The number of hydrogen-bond acceptors (Lipinski definition) is 6. The number of hydrogen-bond donors (Lipinski definition) is 2. The molecule has 0 saturated carbocycles. The van der Waals surface area contributed by atoms with Gasteiger partial charge in [0.25, 0.3) is 5.69 Å². The number of nitro benzene ring substituents is 1. The molecule has 18 heavy (non-hydrogen) atoms. The summed E-state index contributed by atoms with van der Waals surface area (Å²) < 4.78 is 4.95. The molecule has 0 heterocycles. The van der Waals surface area contributed by atoms with Crippen molar-refractivity contribution in [2.75, 3.05) is 24.9 Å². The van der Waals surface area contributed by atoms with Crippen LogP contribution in [0.4, 0.5) is 11.4 Å². The molecule has 0 amide bonds. The van der Waals surface area contributed by atoms with Gasteiger partial charge in [0.15, 0.2) is 0 Å². The SMILES string of the molecule is COCCCSCc1ccc(NN)c([N+](=O)[O-])c1. The number of thioether (sulfide) groups is 1. The van der Waals surface area contributed by atoms with Crippen molar-refractivity contribution in [3.8, 4) is 0 Å². The number of anilines is 1. The summed E-state index contributed by atoms with van der Waals surface area (Å²) in [6, 6.07) is 5.02. The Morgan fingerprint density at radius 1 is 1.56 bits per heavy atom. The number of nitrogens with zero attached hydrogens (tertiary/aromatic N) is 1. The van der Waals surface area contributed by atoms with Crippen LogP contribution < -0.4 is 11.3 Å². The van der Waals surface area contributed by atoms with Gasteiger partial charge in [-0.15, -0.1) is 0 Å². The van der Waals surface area contributed by atoms with E-state index < -0.39 is 4.92 Å². The first-order chi connectivity index (χ1) is 8.69. The molecule has 0 bridgehead atoms. The second-order valence-electron chi connectivity index (χ2n) is 3.65. The Bertz CT molecular complexity index is 401. The van der Waals surface area contributed by atoms with Gasteiger partial charge in [0.1, 0.15) is 5.69 Å². The van der Waals surface area contributed by atoms with Crippen LogP contribution >= 0.6 is 11.8 Å². The van der Waals surface area contributed by atoms with Crippen LogP contribution in [0, 0.1) is 10.1 Å². The smallest absolute Gasteiger partial charge is 0.293 e. The Balaban J connectivity index is 2.56. The van der Waals surface area contributed by atoms with Crippen molar-refractivity contribution in [3.05, 3.63) is 33.9 Å². The van der Waals surface area contributed by atoms with Crippen molar-refractivity contribution in [2.45, 2.75) is 12.2 Å². The molecule has 1 rings (SSSR count). The number of rotatable bonds is 8. The zero-order valence-electron chi connectivity index (χ0n) is 10.2. The second-order valence-corrected chi connectivity index (χ2v) is 4.76. The first-order valence-corrected chi connectivity index (χ1v) is 6.65. The summed E-state index contributed by atoms with van der Waals surface area (Å²) in [7, 11) is 1.67. The Kier molecular flexibility index (Phi) is 6.48. The molecule has 0 aromatic heterocycles. The number of nitrogens with one attached hydrogen (secondary N) is 1. The van der Waals surface area contributed by atoms with Gasteiger partial charge in [-0.3, -0.25) is 16.0 Å². The van der Waals surface area contributed by atoms with Gasteiger partial charge < -0.3 is 10.2 Å². The number of hydrazine groups is 1. The molecule has 0 fully saturated rings. The number of methoxy groups -OCH3 is 1. The fourth-order valence-corrected chi connectivity index (χ4v) is 2.32. The molecule has 0 radical (unpaired) electrons. The summed E-state index contributed by atoms with van der Waals surface area (Å²) in [6.07, 6.45) is 0.978. The van der Waals surface area contributed by atoms with Gasteiger partial charge >= 0.3 is 0 Å². The van der Waals surface area contributed by atoms with Crippen LogP contribution in [0.2, 0.25) is 0 Å². The highest BCUT2D eigenvalue weighted by Gasteiger charge is 2.13. The molecule has 6 nitrogen and oxygen atoms in total. The third-order valence-corrected chi connectivity index (χ3v) is 3.44. The molecule has 0 spiro atoms. The van der Waals surface area contributed by atoms with Crippen molar-refractivity contribution in [2.24, 2.45) is 5.84 Å². The van der Waals surface area contributed by atoms with E-state index in [9.17, 15) is 10.1 Å². The van der Waals surface area contributed by atoms with E-state index in [4.69, 9.17) is 10.6 Å². The number of nitro groups is 1. The third kappa shape index (κ3) is 4.52. The lowest BCUT2D eigenvalue weighted by Gasteiger charge is -2.05. The normalized spacial score (nSPS) is 10.3. The fourth-order valence-electron chi connectivity index (χ4n) is 1.44. The Labute approximate surface area is 110 Å². The molecule has 0 atom stereocenters. The van der Waals surface area contributed by atoms with E-state index >= 15 is 0 Å². The average Bonchev–Trinajstić information content (AvgIpc) is 2.38. The van der Waals surface area contributed by atoms with Crippen molar-refractivity contribution >= 4 is 23.1 Å². The van der Waals surface area contributed by atoms with Gasteiger partial charge in [-0.1, -0.05) is 6.07 Å². The molecule has 0 aliphatic rings. The maximum atomic E-state index is 10.8. The van der Waals surface area contributed by atoms with Gasteiger partial charge in [0.05, 0.1) is 4.92 Å². The van der Waals surface area contributed by atoms with Crippen LogP contribution in [0.15, 0.2) is 18.2 Å². The van der Waals surface area contributed by atoms with Crippen LogP contribution in [-0.4, -0.2) is 24.4 Å². The summed E-state index contributed by atoms with van der Waals surface area (Å²) in [4.78, 5) is 10.4. The van der Waals surface area contributed by atoms with Crippen molar-refractivity contribution in [3.63, 3.8) is 0 Å². The number of benzene rings is 1. The largest absolute Gasteiger partial charge is 0.385 e. The van der Waals surface area contributed by atoms with Gasteiger partial charge in [0.2, 0.25) is 0 Å². The van der Waals surface area contributed by atoms with Gasteiger partial charge in [0, 0.05) is 25.5 Å². The summed E-state index contributed by atoms with van der Waals surface area (Å²) in [5.41, 5.74) is 3.58. The summed E-state index contributed by atoms with van der Waals surface area (Å²) in [6.45, 7) is 0.739. The molecular formula is C11H17N3O3S. The number of nitrogens with two attached hydrogens (primary N) is 1. The lowest BCUT2D eigenvalue weighted by molar-refractivity contribution is -0.384. The predicted octanol–water partition coefficient (Wildman–Crippen LogP) is 2.15. The molecule has 0 saturated heterocycles. The van der Waals surface area contributed by atoms with E-state index in [1.807, 2.05) is 6.07 Å². The lowest BCUT2D eigenvalue weighted by atomic mass is 10.2. The highest BCUT2D eigenvalue weighted by Crippen LogP contribution is 2.26. The molecule has 1 aromatic carbocycles. The predicted molar refractivity (Wildman–Crippen MR) is 73.6 cm³/mol. The van der Waals surface area contributed by atoms with Gasteiger partial charge in [-0.25, -0.2) is 0 Å². The summed E-state index contributed by atoms with van der Waals surface area (Å²) in [5, 5.41) is 10.8. The minimum atomic E-state index is -0.436. The molecule has 0 aliphatic carbocycles. The third-order valence-electron chi connectivity index (χ3n) is 2.32. The number of ether oxygens (including phenoxy) is 1. The van der Waals surface area contributed by atoms with E-state index in [0.29, 0.717) is 5.69 Å². The van der Waals surface area contributed by atoms with Crippen LogP contribution in [0.25, 0.3) is 0 Å². The van der Waals surface area contributed by atoms with E-state index in [1.54, 1.807) is 31.0 Å². The van der Waals surface area contributed by atoms with Crippen molar-refractivity contribution in [1.29, 1.82) is 0 Å². The average molecular weight is 271 g/mol. The number of nitrogen functional groups attached to an aromatic ring is 1. The zero-order chi connectivity index (χ0) is 13.4. The summed E-state index contributed by atoms with van der Waals surface area (Å²) >= 11 is 1.73. The molecular weight excluding hydrogens is 254 g/mol. The lowest BCUT2D eigenvalue weighted by Crippen LogP contribution is -2.09. The molecule has 0 aliphatic heterocycles. The standard InChI is InChI=1S/C11H17N3O3S/c1-17-5-2-6-18-8-9-3-4-10(13-12)11(7-9)14(15)16/h3-4,7,13H,2,5-6,8,12H2,1H3. The van der Waals surface area contributed by atoms with Gasteiger partial charge in [-0.05, 0) is 23.8 Å². The maximum Gasteiger partial charge on any atom is 0.293 e. The monoisotopic (exact) mass is 271 g/mol.